The number of nitrogens with one attached hydrogen (secondary N) is 1. The molecule has 4 heteroatoms. The number of carbonyl (C=O) groups is 1. The number of aromatic nitrogens is 1. The second kappa shape index (κ2) is 5.12. The van der Waals surface area contributed by atoms with Crippen LogP contribution in [0.3, 0.4) is 0 Å². The Morgan fingerprint density at radius 2 is 2.27 bits per heavy atom. The van der Waals surface area contributed by atoms with Crippen LogP contribution in [0.15, 0.2) is 12.1 Å². The van der Waals surface area contributed by atoms with Crippen LogP contribution in [-0.4, -0.2) is 10.9 Å². The Labute approximate surface area is 94.9 Å². The first-order valence-electron chi connectivity index (χ1n) is 4.98. The molecule has 15 heavy (non-hydrogen) atoms. The maximum atomic E-state index is 11.6. The molecule has 0 aliphatic heterocycles. The number of nitrogens with zero attached hydrogens (tertiary/aromatic N) is 1. The molecule has 0 radical (unpaired) electrons. The number of halogens is 1. The van der Waals surface area contributed by atoms with E-state index in [-0.39, 0.29) is 11.8 Å². The molecule has 0 aromatic carbocycles. The summed E-state index contributed by atoms with van der Waals surface area (Å²) in [7, 11) is 0. The van der Waals surface area contributed by atoms with E-state index in [9.17, 15) is 4.79 Å². The van der Waals surface area contributed by atoms with Crippen molar-refractivity contribution >= 4 is 23.2 Å². The fourth-order valence-electron chi connectivity index (χ4n) is 1.10. The SMILES string of the molecule is CCC(C)C(=O)Nc1ccc(Cl)nc1C. The van der Waals surface area contributed by atoms with Crippen LogP contribution in [0.1, 0.15) is 26.0 Å². The van der Waals surface area contributed by atoms with Gasteiger partial charge in [0.15, 0.2) is 0 Å². The first-order valence-corrected chi connectivity index (χ1v) is 5.36. The second-order valence-corrected chi connectivity index (χ2v) is 3.95. The minimum Gasteiger partial charge on any atom is -0.324 e. The van der Waals surface area contributed by atoms with E-state index in [0.29, 0.717) is 5.15 Å². The molecule has 3 nitrogen and oxygen atoms in total. The van der Waals surface area contributed by atoms with Gasteiger partial charge in [-0.25, -0.2) is 4.98 Å². The first kappa shape index (κ1) is 12.0. The van der Waals surface area contributed by atoms with Crippen LogP contribution < -0.4 is 5.32 Å². The number of rotatable bonds is 3. The molecule has 1 atom stereocenters. The van der Waals surface area contributed by atoms with Crippen molar-refractivity contribution in [2.24, 2.45) is 5.92 Å². The quantitative estimate of drug-likeness (QED) is 0.805. The summed E-state index contributed by atoms with van der Waals surface area (Å²) in [6, 6.07) is 3.44. The fourth-order valence-corrected chi connectivity index (χ4v) is 1.29. The van der Waals surface area contributed by atoms with Gasteiger partial charge >= 0.3 is 0 Å². The molecule has 1 N–H and O–H groups in total. The van der Waals surface area contributed by atoms with E-state index >= 15 is 0 Å². The number of pyridine rings is 1. The van der Waals surface area contributed by atoms with E-state index in [1.54, 1.807) is 12.1 Å². The van der Waals surface area contributed by atoms with E-state index in [0.717, 1.165) is 17.8 Å². The van der Waals surface area contributed by atoms with Gasteiger partial charge in [-0.1, -0.05) is 25.4 Å². The molecule has 1 aromatic heterocycles. The Hall–Kier alpha value is -1.09. The minimum absolute atomic E-state index is 0.0140. The van der Waals surface area contributed by atoms with Gasteiger partial charge in [0.1, 0.15) is 5.15 Å². The summed E-state index contributed by atoms with van der Waals surface area (Å²) in [6.45, 7) is 5.70. The zero-order valence-electron chi connectivity index (χ0n) is 9.17. The summed E-state index contributed by atoms with van der Waals surface area (Å²) in [4.78, 5) is 15.7. The lowest BCUT2D eigenvalue weighted by atomic mass is 10.1. The molecule has 1 heterocycles. The van der Waals surface area contributed by atoms with Gasteiger partial charge in [-0.3, -0.25) is 4.79 Å². The average Bonchev–Trinajstić information content (AvgIpc) is 2.20. The lowest BCUT2D eigenvalue weighted by molar-refractivity contribution is -0.119. The van der Waals surface area contributed by atoms with Gasteiger partial charge in [-0.2, -0.15) is 0 Å². The predicted octanol–water partition coefficient (Wildman–Crippen LogP) is 3.03. The third kappa shape index (κ3) is 3.20. The number of amides is 1. The number of hydrogen-bond donors (Lipinski definition) is 1. The molecule has 1 rings (SSSR count). The van der Waals surface area contributed by atoms with Gasteiger partial charge in [-0.05, 0) is 25.5 Å². The lowest BCUT2D eigenvalue weighted by Crippen LogP contribution is -2.20. The van der Waals surface area contributed by atoms with Crippen molar-refractivity contribution in [2.75, 3.05) is 5.32 Å². The highest BCUT2D eigenvalue weighted by Gasteiger charge is 2.11. The summed E-state index contributed by atoms with van der Waals surface area (Å²) in [6.07, 6.45) is 0.825. The summed E-state index contributed by atoms with van der Waals surface area (Å²) >= 11 is 5.72. The van der Waals surface area contributed by atoms with Gasteiger partial charge in [0.25, 0.3) is 0 Å². The molecule has 0 saturated carbocycles. The Morgan fingerprint density at radius 3 is 2.80 bits per heavy atom. The molecular formula is C11H15ClN2O. The van der Waals surface area contributed by atoms with Gasteiger partial charge in [0.2, 0.25) is 5.91 Å². The molecule has 0 aliphatic rings. The summed E-state index contributed by atoms with van der Waals surface area (Å²) in [5, 5.41) is 3.27. The molecule has 0 fully saturated rings. The van der Waals surface area contributed by atoms with E-state index < -0.39 is 0 Å². The van der Waals surface area contributed by atoms with Gasteiger partial charge in [0.05, 0.1) is 11.4 Å². The number of carbonyl (C=O) groups excluding carboxylic acids is 1. The second-order valence-electron chi connectivity index (χ2n) is 3.57. The van der Waals surface area contributed by atoms with E-state index in [2.05, 4.69) is 10.3 Å². The van der Waals surface area contributed by atoms with Gasteiger partial charge < -0.3 is 5.32 Å². The van der Waals surface area contributed by atoms with Crippen molar-refractivity contribution in [1.29, 1.82) is 0 Å². The normalized spacial score (nSPS) is 12.3. The zero-order valence-corrected chi connectivity index (χ0v) is 9.93. The fraction of sp³-hybridized carbons (Fsp3) is 0.455. The minimum atomic E-state index is 0.0140. The van der Waals surface area contributed by atoms with E-state index in [1.807, 2.05) is 20.8 Å². The van der Waals surface area contributed by atoms with E-state index in [4.69, 9.17) is 11.6 Å². The van der Waals surface area contributed by atoms with Crippen LogP contribution in [0.5, 0.6) is 0 Å². The highest BCUT2D eigenvalue weighted by Crippen LogP contribution is 2.16. The third-order valence-corrected chi connectivity index (χ3v) is 2.58. The molecule has 1 unspecified atom stereocenters. The highest BCUT2D eigenvalue weighted by molar-refractivity contribution is 6.29. The van der Waals surface area contributed by atoms with Crippen LogP contribution in [0.2, 0.25) is 5.15 Å². The predicted molar refractivity (Wildman–Crippen MR) is 62.1 cm³/mol. The van der Waals surface area contributed by atoms with Crippen LogP contribution in [0.25, 0.3) is 0 Å². The Morgan fingerprint density at radius 1 is 1.60 bits per heavy atom. The molecule has 0 spiro atoms. The zero-order chi connectivity index (χ0) is 11.4. The van der Waals surface area contributed by atoms with Crippen molar-refractivity contribution in [3.05, 3.63) is 23.0 Å². The van der Waals surface area contributed by atoms with Crippen LogP contribution in [-0.2, 0) is 4.79 Å². The monoisotopic (exact) mass is 226 g/mol. The average molecular weight is 227 g/mol. The largest absolute Gasteiger partial charge is 0.324 e. The summed E-state index contributed by atoms with van der Waals surface area (Å²) in [5.74, 6) is 0.0322. The Kier molecular flexibility index (Phi) is 4.09. The molecule has 0 aliphatic carbocycles. The molecule has 1 amide bonds. The molecule has 0 saturated heterocycles. The van der Waals surface area contributed by atoms with Crippen molar-refractivity contribution in [1.82, 2.24) is 4.98 Å². The molecular weight excluding hydrogens is 212 g/mol. The van der Waals surface area contributed by atoms with Gasteiger partial charge in [0, 0.05) is 5.92 Å². The van der Waals surface area contributed by atoms with Crippen LogP contribution >= 0.6 is 11.6 Å². The lowest BCUT2D eigenvalue weighted by Gasteiger charge is -2.11. The van der Waals surface area contributed by atoms with Crippen LogP contribution in [0.4, 0.5) is 5.69 Å². The number of aryl methyl sites for hydroxylation is 1. The van der Waals surface area contributed by atoms with E-state index in [1.165, 1.54) is 0 Å². The number of hydrogen-bond acceptors (Lipinski definition) is 2. The van der Waals surface area contributed by atoms with Crippen LogP contribution in [0, 0.1) is 12.8 Å². The highest BCUT2D eigenvalue weighted by atomic mass is 35.5. The standard InChI is InChI=1S/C11H15ClN2O/c1-4-7(2)11(15)14-9-5-6-10(12)13-8(9)3/h5-7H,4H2,1-3H3,(H,14,15). The molecule has 1 aromatic rings. The topological polar surface area (TPSA) is 42.0 Å². The third-order valence-electron chi connectivity index (χ3n) is 2.37. The Balaban J connectivity index is 2.77. The number of anilines is 1. The van der Waals surface area contributed by atoms with Gasteiger partial charge in [-0.15, -0.1) is 0 Å². The van der Waals surface area contributed by atoms with Crippen molar-refractivity contribution in [2.45, 2.75) is 27.2 Å². The Bertz CT molecular complexity index is 366. The smallest absolute Gasteiger partial charge is 0.227 e. The molecule has 0 bridgehead atoms. The maximum Gasteiger partial charge on any atom is 0.227 e. The summed E-state index contributed by atoms with van der Waals surface area (Å²) in [5.41, 5.74) is 1.46. The maximum absolute atomic E-state index is 11.6. The summed E-state index contributed by atoms with van der Waals surface area (Å²) < 4.78 is 0. The molecule has 82 valence electrons. The van der Waals surface area contributed by atoms with Crippen molar-refractivity contribution in [3.8, 4) is 0 Å². The first-order chi connectivity index (χ1) is 7.04. The van der Waals surface area contributed by atoms with Crippen molar-refractivity contribution in [3.63, 3.8) is 0 Å². The van der Waals surface area contributed by atoms with Crippen molar-refractivity contribution < 1.29 is 4.79 Å².